The second kappa shape index (κ2) is 10.1. The van der Waals surface area contributed by atoms with E-state index in [1.54, 1.807) is 35.7 Å². The van der Waals surface area contributed by atoms with Crippen LogP contribution in [-0.2, 0) is 17.4 Å². The van der Waals surface area contributed by atoms with Crippen molar-refractivity contribution in [1.29, 1.82) is 0 Å². The van der Waals surface area contributed by atoms with Crippen LogP contribution in [0.25, 0.3) is 10.6 Å². The number of nitrogens with zero attached hydrogens (tertiary/aromatic N) is 1. The summed E-state index contributed by atoms with van der Waals surface area (Å²) in [6, 6.07) is 11.0. The number of anilines is 2. The van der Waals surface area contributed by atoms with E-state index in [4.69, 9.17) is 0 Å². The number of halogens is 3. The molecule has 3 aromatic rings. The lowest BCUT2D eigenvalue weighted by Gasteiger charge is -2.08. The van der Waals surface area contributed by atoms with Gasteiger partial charge in [-0.3, -0.25) is 4.79 Å². The van der Waals surface area contributed by atoms with Crippen molar-refractivity contribution in [2.75, 3.05) is 17.2 Å². The lowest BCUT2D eigenvalue weighted by atomic mass is 10.1. The molecule has 1 heterocycles. The predicted octanol–water partition coefficient (Wildman–Crippen LogP) is 5.32. The highest BCUT2D eigenvalue weighted by Gasteiger charge is 2.30. The van der Waals surface area contributed by atoms with Crippen molar-refractivity contribution in [3.8, 4) is 10.6 Å². The molecule has 0 aliphatic carbocycles. The third-order valence-corrected chi connectivity index (χ3v) is 5.13. The van der Waals surface area contributed by atoms with E-state index in [1.165, 1.54) is 23.5 Å². The Balaban J connectivity index is 1.55. The van der Waals surface area contributed by atoms with Crippen LogP contribution in [0.1, 0.15) is 11.3 Å². The van der Waals surface area contributed by atoms with Gasteiger partial charge < -0.3 is 16.0 Å². The predicted molar refractivity (Wildman–Crippen MR) is 119 cm³/mol. The van der Waals surface area contributed by atoms with Crippen molar-refractivity contribution in [3.63, 3.8) is 0 Å². The molecule has 0 unspecified atom stereocenters. The molecule has 0 bridgehead atoms. The molecule has 0 fully saturated rings. The first-order valence-electron chi connectivity index (χ1n) is 9.42. The van der Waals surface area contributed by atoms with Crippen LogP contribution < -0.4 is 16.0 Å². The Labute approximate surface area is 186 Å². The number of aromatic nitrogens is 1. The first kappa shape index (κ1) is 23.0. The molecule has 6 nitrogen and oxygen atoms in total. The lowest BCUT2D eigenvalue weighted by molar-refractivity contribution is -0.137. The summed E-state index contributed by atoms with van der Waals surface area (Å²) in [4.78, 5) is 28.2. The maximum Gasteiger partial charge on any atom is 0.416 e. The van der Waals surface area contributed by atoms with Crippen molar-refractivity contribution < 1.29 is 22.8 Å². The second-order valence-corrected chi connectivity index (χ2v) is 7.50. The van der Waals surface area contributed by atoms with E-state index >= 15 is 0 Å². The standard InChI is InChI=1S/C22H19F3N4O2S/c1-2-11-26-21(31)29-17-9-7-16(8-10-17)27-19(30)12-18-13-32-20(28-18)14-3-5-15(6-4-14)22(23,24)25/h2-10,13H,1,11-12H2,(H,27,30)(H2,26,29,31). The molecule has 0 radical (unpaired) electrons. The van der Waals surface area contributed by atoms with Gasteiger partial charge in [-0.1, -0.05) is 18.2 Å². The highest BCUT2D eigenvalue weighted by Crippen LogP contribution is 2.31. The summed E-state index contributed by atoms with van der Waals surface area (Å²) in [6.45, 7) is 3.86. The Morgan fingerprint density at radius 2 is 1.62 bits per heavy atom. The molecule has 0 atom stereocenters. The number of benzene rings is 2. The first-order valence-corrected chi connectivity index (χ1v) is 10.3. The number of hydrogen-bond donors (Lipinski definition) is 3. The molecule has 0 saturated heterocycles. The molecule has 32 heavy (non-hydrogen) atoms. The Bertz CT molecular complexity index is 1090. The first-order chi connectivity index (χ1) is 15.2. The van der Waals surface area contributed by atoms with Crippen molar-refractivity contribution >= 4 is 34.6 Å². The number of nitrogens with one attached hydrogen (secondary N) is 3. The zero-order valence-electron chi connectivity index (χ0n) is 16.7. The fourth-order valence-corrected chi connectivity index (χ4v) is 3.50. The summed E-state index contributed by atoms with van der Waals surface area (Å²) in [7, 11) is 0. The van der Waals surface area contributed by atoms with Crippen LogP contribution in [-0.4, -0.2) is 23.5 Å². The smallest absolute Gasteiger partial charge is 0.334 e. The van der Waals surface area contributed by atoms with Gasteiger partial charge in [-0.05, 0) is 36.4 Å². The largest absolute Gasteiger partial charge is 0.416 e. The van der Waals surface area contributed by atoms with Gasteiger partial charge in [-0.2, -0.15) is 13.2 Å². The third-order valence-electron chi connectivity index (χ3n) is 4.19. The van der Waals surface area contributed by atoms with Gasteiger partial charge in [-0.15, -0.1) is 17.9 Å². The van der Waals surface area contributed by atoms with E-state index in [9.17, 15) is 22.8 Å². The minimum absolute atomic E-state index is 0.0150. The molecule has 10 heteroatoms. The molecule has 0 aliphatic rings. The average molecular weight is 460 g/mol. The summed E-state index contributed by atoms with van der Waals surface area (Å²) >= 11 is 1.25. The number of carbonyl (C=O) groups is 2. The van der Waals surface area contributed by atoms with E-state index in [0.717, 1.165) is 12.1 Å². The Hall–Kier alpha value is -3.66. The van der Waals surface area contributed by atoms with Gasteiger partial charge in [0.25, 0.3) is 0 Å². The van der Waals surface area contributed by atoms with Crippen LogP contribution in [0.5, 0.6) is 0 Å². The zero-order chi connectivity index (χ0) is 23.1. The van der Waals surface area contributed by atoms with E-state index in [-0.39, 0.29) is 18.4 Å². The van der Waals surface area contributed by atoms with E-state index in [2.05, 4.69) is 27.5 Å². The van der Waals surface area contributed by atoms with Crippen LogP contribution >= 0.6 is 11.3 Å². The number of alkyl halides is 3. The van der Waals surface area contributed by atoms with Gasteiger partial charge in [-0.25, -0.2) is 9.78 Å². The highest BCUT2D eigenvalue weighted by atomic mass is 32.1. The van der Waals surface area contributed by atoms with Crippen LogP contribution in [0.4, 0.5) is 29.3 Å². The van der Waals surface area contributed by atoms with Gasteiger partial charge in [0.1, 0.15) is 5.01 Å². The second-order valence-electron chi connectivity index (χ2n) is 6.65. The van der Waals surface area contributed by atoms with Crippen molar-refractivity contribution in [3.05, 3.63) is 77.8 Å². The van der Waals surface area contributed by atoms with E-state index in [1.807, 2.05) is 0 Å². The summed E-state index contributed by atoms with van der Waals surface area (Å²) in [5.74, 6) is -0.293. The molecular weight excluding hydrogens is 441 g/mol. The average Bonchev–Trinajstić information content (AvgIpc) is 3.21. The SMILES string of the molecule is C=CCNC(=O)Nc1ccc(NC(=O)Cc2csc(-c3ccc(C(F)(F)F)cc3)n2)cc1. The number of thiazole rings is 1. The summed E-state index contributed by atoms with van der Waals surface area (Å²) < 4.78 is 38.1. The quantitative estimate of drug-likeness (QED) is 0.418. The number of amides is 3. The number of carbonyl (C=O) groups excluding carboxylic acids is 2. The molecule has 0 saturated carbocycles. The molecule has 1 aromatic heterocycles. The van der Waals surface area contributed by atoms with Gasteiger partial charge in [0.15, 0.2) is 0 Å². The molecule has 0 aliphatic heterocycles. The molecule has 3 amide bonds. The summed E-state index contributed by atoms with van der Waals surface area (Å²) in [5.41, 5.74) is 1.45. The third kappa shape index (κ3) is 6.42. The lowest BCUT2D eigenvalue weighted by Crippen LogP contribution is -2.28. The van der Waals surface area contributed by atoms with Crippen molar-refractivity contribution in [2.24, 2.45) is 0 Å². The molecule has 2 aromatic carbocycles. The fraction of sp³-hybridized carbons (Fsp3) is 0.136. The minimum atomic E-state index is -4.39. The zero-order valence-corrected chi connectivity index (χ0v) is 17.5. The molecule has 3 rings (SSSR count). The highest BCUT2D eigenvalue weighted by molar-refractivity contribution is 7.13. The van der Waals surface area contributed by atoms with Crippen LogP contribution in [0.15, 0.2) is 66.6 Å². The van der Waals surface area contributed by atoms with Gasteiger partial charge in [0, 0.05) is 28.9 Å². The van der Waals surface area contributed by atoms with E-state index < -0.39 is 11.7 Å². The Morgan fingerprint density at radius 3 is 2.22 bits per heavy atom. The summed E-state index contributed by atoms with van der Waals surface area (Å²) in [6.07, 6.45) is -2.81. The number of urea groups is 1. The maximum absolute atomic E-state index is 12.7. The Kier molecular flexibility index (Phi) is 7.26. The molecule has 3 N–H and O–H groups in total. The van der Waals surface area contributed by atoms with Crippen molar-refractivity contribution in [1.82, 2.24) is 10.3 Å². The van der Waals surface area contributed by atoms with E-state index in [0.29, 0.717) is 34.2 Å². The van der Waals surface area contributed by atoms with Crippen LogP contribution in [0.3, 0.4) is 0 Å². The molecule has 0 spiro atoms. The fourth-order valence-electron chi connectivity index (χ4n) is 2.67. The van der Waals surface area contributed by atoms with Crippen LogP contribution in [0.2, 0.25) is 0 Å². The van der Waals surface area contributed by atoms with Gasteiger partial charge in [0.05, 0.1) is 17.7 Å². The minimum Gasteiger partial charge on any atom is -0.334 e. The number of rotatable bonds is 7. The van der Waals surface area contributed by atoms with Gasteiger partial charge >= 0.3 is 12.2 Å². The maximum atomic E-state index is 12.7. The normalized spacial score (nSPS) is 11.0. The molecule has 166 valence electrons. The van der Waals surface area contributed by atoms with Gasteiger partial charge in [0.2, 0.25) is 5.91 Å². The van der Waals surface area contributed by atoms with Crippen molar-refractivity contribution in [2.45, 2.75) is 12.6 Å². The summed E-state index contributed by atoms with van der Waals surface area (Å²) in [5, 5.41) is 10.2. The Morgan fingerprint density at radius 1 is 1.00 bits per heavy atom. The number of hydrogen-bond acceptors (Lipinski definition) is 4. The van der Waals surface area contributed by atoms with Crippen LogP contribution in [0, 0.1) is 0 Å². The molecular formula is C22H19F3N4O2S. The topological polar surface area (TPSA) is 83.1 Å². The monoisotopic (exact) mass is 460 g/mol.